The molecule has 1 aromatic carbocycles. The number of carbonyl (C=O) groups excluding carboxylic acids is 3. The lowest BCUT2D eigenvalue weighted by Crippen LogP contribution is -2.42. The highest BCUT2D eigenvalue weighted by Crippen LogP contribution is 2.26. The highest BCUT2D eigenvalue weighted by molar-refractivity contribution is 5.95. The normalized spacial score (nSPS) is 10.2. The van der Waals surface area contributed by atoms with Crippen LogP contribution < -0.4 is 20.1 Å². The van der Waals surface area contributed by atoms with Crippen molar-refractivity contribution in [3.8, 4) is 11.5 Å². The summed E-state index contributed by atoms with van der Waals surface area (Å²) in [5, 5.41) is 4.63. The summed E-state index contributed by atoms with van der Waals surface area (Å²) in [5.41, 5.74) is 0. The number of amides is 3. The van der Waals surface area contributed by atoms with Gasteiger partial charge in [-0.15, -0.1) is 0 Å². The number of esters is 1. The summed E-state index contributed by atoms with van der Waals surface area (Å²) in [6.45, 7) is 5.87. The average Bonchev–Trinajstić information content (AvgIpc) is 2.59. The number of rotatable bonds is 10. The monoisotopic (exact) mass is 366 g/mol. The quantitative estimate of drug-likeness (QED) is 0.613. The van der Waals surface area contributed by atoms with Gasteiger partial charge in [-0.05, 0) is 31.4 Å². The molecule has 0 atom stereocenters. The van der Waals surface area contributed by atoms with Gasteiger partial charge in [0, 0.05) is 6.54 Å². The molecule has 0 fully saturated rings. The molecule has 0 spiro atoms. The first-order chi connectivity index (χ1) is 12.4. The third-order valence-corrected chi connectivity index (χ3v) is 3.12. The van der Waals surface area contributed by atoms with Gasteiger partial charge in [-0.2, -0.15) is 0 Å². The van der Waals surface area contributed by atoms with Crippen LogP contribution in [0.15, 0.2) is 24.3 Å². The Morgan fingerprint density at radius 2 is 1.69 bits per heavy atom. The van der Waals surface area contributed by atoms with Gasteiger partial charge in [-0.25, -0.2) is 9.59 Å². The lowest BCUT2D eigenvalue weighted by Gasteiger charge is -2.11. The molecule has 0 aliphatic carbocycles. The lowest BCUT2D eigenvalue weighted by atomic mass is 10.1. The number of ether oxygens (including phenoxy) is 3. The summed E-state index contributed by atoms with van der Waals surface area (Å²) in [6, 6.07) is 6.29. The van der Waals surface area contributed by atoms with Crippen LogP contribution in [0.3, 0.4) is 0 Å². The minimum atomic E-state index is -0.730. The number of carbonyl (C=O) groups is 3. The van der Waals surface area contributed by atoms with Gasteiger partial charge in [0.05, 0.1) is 6.61 Å². The maximum absolute atomic E-state index is 11.7. The minimum Gasteiger partial charge on any atom is -0.490 e. The van der Waals surface area contributed by atoms with Crippen LogP contribution in [0.2, 0.25) is 0 Å². The predicted molar refractivity (Wildman–Crippen MR) is 95.1 cm³/mol. The Morgan fingerprint density at radius 3 is 2.31 bits per heavy atom. The van der Waals surface area contributed by atoms with E-state index in [9.17, 15) is 14.4 Å². The summed E-state index contributed by atoms with van der Waals surface area (Å²) < 4.78 is 15.5. The molecule has 26 heavy (non-hydrogen) atoms. The molecule has 2 N–H and O–H groups in total. The first kappa shape index (κ1) is 21.3. The average molecular weight is 366 g/mol. The van der Waals surface area contributed by atoms with E-state index < -0.39 is 24.5 Å². The number of para-hydroxylation sites is 2. The molecule has 0 saturated carbocycles. The van der Waals surface area contributed by atoms with Gasteiger partial charge in [-0.3, -0.25) is 10.1 Å². The van der Waals surface area contributed by atoms with Crippen molar-refractivity contribution < 1.29 is 28.6 Å². The molecule has 0 aliphatic heterocycles. The van der Waals surface area contributed by atoms with Crippen LogP contribution in [-0.4, -0.2) is 44.3 Å². The second-order valence-corrected chi connectivity index (χ2v) is 5.82. The van der Waals surface area contributed by atoms with Crippen molar-refractivity contribution in [2.45, 2.75) is 27.2 Å². The summed E-state index contributed by atoms with van der Waals surface area (Å²) in [5.74, 6) is -0.0829. The number of hydrogen-bond donors (Lipinski definition) is 2. The minimum absolute atomic E-state index is 0.377. The number of benzene rings is 1. The first-order valence-electron chi connectivity index (χ1n) is 8.50. The van der Waals surface area contributed by atoms with E-state index in [1.54, 1.807) is 24.3 Å². The molecular weight excluding hydrogens is 340 g/mol. The van der Waals surface area contributed by atoms with Crippen molar-refractivity contribution in [3.63, 3.8) is 0 Å². The van der Waals surface area contributed by atoms with Gasteiger partial charge < -0.3 is 19.5 Å². The molecule has 8 nitrogen and oxygen atoms in total. The fourth-order valence-electron chi connectivity index (χ4n) is 1.85. The van der Waals surface area contributed by atoms with Gasteiger partial charge in [0.15, 0.2) is 24.7 Å². The Balaban J connectivity index is 2.27. The van der Waals surface area contributed by atoms with Gasteiger partial charge in [0.25, 0.3) is 5.91 Å². The molecular formula is C18H26N2O6. The summed E-state index contributed by atoms with van der Waals surface area (Å²) in [6.07, 6.45) is 0.803. The molecule has 0 radical (unpaired) electrons. The standard InChI is InChI=1S/C18H26N2O6/c1-4-24-14-7-5-6-8-15(14)25-12-17(22)26-11-16(21)20-18(23)19-10-9-13(2)3/h5-8,13H,4,9-12H2,1-3H3,(H2,19,20,21,23). The maximum atomic E-state index is 11.7. The number of imide groups is 1. The third-order valence-electron chi connectivity index (χ3n) is 3.12. The third kappa shape index (κ3) is 8.91. The van der Waals surface area contributed by atoms with Crippen molar-refractivity contribution in [2.75, 3.05) is 26.4 Å². The predicted octanol–water partition coefficient (Wildman–Crippen LogP) is 1.88. The summed E-state index contributed by atoms with van der Waals surface area (Å²) in [4.78, 5) is 34.7. The molecule has 0 bridgehead atoms. The fourth-order valence-corrected chi connectivity index (χ4v) is 1.85. The van der Waals surface area contributed by atoms with E-state index in [0.29, 0.717) is 30.6 Å². The van der Waals surface area contributed by atoms with E-state index in [2.05, 4.69) is 10.6 Å². The molecule has 1 rings (SSSR count). The Labute approximate surface area is 153 Å². The zero-order valence-electron chi connectivity index (χ0n) is 15.4. The van der Waals surface area contributed by atoms with Crippen molar-refractivity contribution in [2.24, 2.45) is 5.92 Å². The molecule has 0 saturated heterocycles. The fraction of sp³-hybridized carbons (Fsp3) is 0.500. The van der Waals surface area contributed by atoms with Crippen molar-refractivity contribution in [1.82, 2.24) is 10.6 Å². The number of nitrogens with one attached hydrogen (secondary N) is 2. The second kappa shape index (κ2) is 11.7. The Hall–Kier alpha value is -2.77. The molecule has 0 unspecified atom stereocenters. The van der Waals surface area contributed by atoms with E-state index in [1.165, 1.54) is 0 Å². The lowest BCUT2D eigenvalue weighted by molar-refractivity contribution is -0.150. The van der Waals surface area contributed by atoms with Gasteiger partial charge in [-0.1, -0.05) is 26.0 Å². The molecule has 0 aliphatic rings. The highest BCUT2D eigenvalue weighted by atomic mass is 16.6. The zero-order chi connectivity index (χ0) is 19.4. The molecule has 0 aromatic heterocycles. The first-order valence-corrected chi connectivity index (χ1v) is 8.50. The number of urea groups is 1. The Kier molecular flexibility index (Phi) is 9.59. The molecule has 8 heteroatoms. The van der Waals surface area contributed by atoms with Crippen molar-refractivity contribution >= 4 is 17.9 Å². The molecule has 3 amide bonds. The van der Waals surface area contributed by atoms with Gasteiger partial charge >= 0.3 is 12.0 Å². The Bertz CT molecular complexity index is 603. The van der Waals surface area contributed by atoms with E-state index in [4.69, 9.17) is 14.2 Å². The van der Waals surface area contributed by atoms with Crippen molar-refractivity contribution in [1.29, 1.82) is 0 Å². The largest absolute Gasteiger partial charge is 0.490 e. The molecule has 144 valence electrons. The van der Waals surface area contributed by atoms with E-state index in [0.717, 1.165) is 6.42 Å². The van der Waals surface area contributed by atoms with Crippen LogP contribution in [0, 0.1) is 5.92 Å². The van der Waals surface area contributed by atoms with Gasteiger partial charge in [0.2, 0.25) is 0 Å². The van der Waals surface area contributed by atoms with Gasteiger partial charge in [0.1, 0.15) is 0 Å². The van der Waals surface area contributed by atoms with E-state index in [-0.39, 0.29) is 6.61 Å². The smallest absolute Gasteiger partial charge is 0.344 e. The highest BCUT2D eigenvalue weighted by Gasteiger charge is 2.12. The van der Waals surface area contributed by atoms with Crippen LogP contribution in [0.4, 0.5) is 4.79 Å². The van der Waals surface area contributed by atoms with E-state index >= 15 is 0 Å². The summed E-state index contributed by atoms with van der Waals surface area (Å²) >= 11 is 0. The van der Waals surface area contributed by atoms with Crippen molar-refractivity contribution in [3.05, 3.63) is 24.3 Å². The van der Waals surface area contributed by atoms with Crippen LogP contribution in [0.25, 0.3) is 0 Å². The molecule has 1 aromatic rings. The number of hydrogen-bond acceptors (Lipinski definition) is 6. The van der Waals surface area contributed by atoms with Crippen LogP contribution >= 0.6 is 0 Å². The maximum Gasteiger partial charge on any atom is 0.344 e. The topological polar surface area (TPSA) is 103 Å². The Morgan fingerprint density at radius 1 is 1.04 bits per heavy atom. The van der Waals surface area contributed by atoms with E-state index in [1.807, 2.05) is 20.8 Å². The molecule has 0 heterocycles. The van der Waals surface area contributed by atoms with Crippen LogP contribution in [-0.2, 0) is 14.3 Å². The summed E-state index contributed by atoms with van der Waals surface area (Å²) in [7, 11) is 0. The van der Waals surface area contributed by atoms with Crippen LogP contribution in [0.1, 0.15) is 27.2 Å². The van der Waals surface area contributed by atoms with Crippen LogP contribution in [0.5, 0.6) is 11.5 Å². The second-order valence-electron chi connectivity index (χ2n) is 5.82. The SMILES string of the molecule is CCOc1ccccc1OCC(=O)OCC(=O)NC(=O)NCCC(C)C. The zero-order valence-corrected chi connectivity index (χ0v) is 15.4.